The molecule has 1 amide bonds. The Morgan fingerprint density at radius 2 is 1.76 bits per heavy atom. The molecule has 0 unspecified atom stereocenters. The molecular weight excluding hydrogens is 384 g/mol. The summed E-state index contributed by atoms with van der Waals surface area (Å²) in [6, 6.07) is 24.9. The Morgan fingerprint density at radius 1 is 1.00 bits per heavy atom. The smallest absolute Gasteiger partial charge is 0.262 e. The summed E-state index contributed by atoms with van der Waals surface area (Å²) < 4.78 is 5.90. The molecule has 0 aliphatic carbocycles. The van der Waals surface area contributed by atoms with Crippen molar-refractivity contribution in [3.63, 3.8) is 0 Å². The molecule has 0 atom stereocenters. The van der Waals surface area contributed by atoms with Crippen molar-refractivity contribution in [2.45, 2.75) is 6.92 Å². The molecule has 29 heavy (non-hydrogen) atoms. The van der Waals surface area contributed by atoms with Crippen molar-refractivity contribution in [3.05, 3.63) is 89.4 Å². The van der Waals surface area contributed by atoms with Gasteiger partial charge in [0.25, 0.3) is 5.91 Å². The van der Waals surface area contributed by atoms with E-state index in [1.807, 2.05) is 73.7 Å². The number of ether oxygens (including phenoxy) is 1. The van der Waals surface area contributed by atoms with Crippen LogP contribution in [0.25, 0.3) is 22.2 Å². The lowest BCUT2D eigenvalue weighted by molar-refractivity contribution is -0.118. The quantitative estimate of drug-likeness (QED) is 0.453. The van der Waals surface area contributed by atoms with Gasteiger partial charge in [0.15, 0.2) is 6.61 Å². The third-order valence-corrected chi connectivity index (χ3v) is 4.82. The lowest BCUT2D eigenvalue weighted by Crippen LogP contribution is -2.20. The number of para-hydroxylation sites is 1. The lowest BCUT2D eigenvalue weighted by Gasteiger charge is -2.13. The maximum Gasteiger partial charge on any atom is 0.262 e. The van der Waals surface area contributed by atoms with Gasteiger partial charge in [-0.2, -0.15) is 0 Å². The topological polar surface area (TPSA) is 51.2 Å². The summed E-state index contributed by atoms with van der Waals surface area (Å²) in [7, 11) is 0. The molecule has 5 heteroatoms. The molecule has 0 aliphatic heterocycles. The number of pyridine rings is 1. The second kappa shape index (κ2) is 8.33. The minimum absolute atomic E-state index is 0.117. The minimum atomic E-state index is -0.252. The average Bonchev–Trinajstić information content (AvgIpc) is 2.75. The Morgan fingerprint density at radius 3 is 2.59 bits per heavy atom. The molecule has 0 saturated heterocycles. The Labute approximate surface area is 174 Å². The van der Waals surface area contributed by atoms with Gasteiger partial charge in [-0.1, -0.05) is 60.1 Å². The molecule has 0 aliphatic rings. The largest absolute Gasteiger partial charge is 0.483 e. The van der Waals surface area contributed by atoms with Gasteiger partial charge in [0.1, 0.15) is 5.75 Å². The molecule has 3 aromatic carbocycles. The van der Waals surface area contributed by atoms with E-state index in [-0.39, 0.29) is 12.5 Å². The highest BCUT2D eigenvalue weighted by Gasteiger charge is 2.11. The van der Waals surface area contributed by atoms with Gasteiger partial charge in [0.2, 0.25) is 0 Å². The number of carbonyl (C=O) groups is 1. The Balaban J connectivity index is 1.58. The number of aromatic nitrogens is 1. The first-order valence-corrected chi connectivity index (χ1v) is 9.62. The van der Waals surface area contributed by atoms with Gasteiger partial charge < -0.3 is 10.1 Å². The van der Waals surface area contributed by atoms with E-state index in [0.717, 1.165) is 27.7 Å². The van der Waals surface area contributed by atoms with Gasteiger partial charge in [-0.3, -0.25) is 4.79 Å². The third-order valence-electron chi connectivity index (χ3n) is 4.58. The van der Waals surface area contributed by atoms with Crippen LogP contribution in [0.3, 0.4) is 0 Å². The maximum atomic E-state index is 12.4. The van der Waals surface area contributed by atoms with Crippen LogP contribution in [0.4, 0.5) is 5.69 Å². The van der Waals surface area contributed by atoms with Crippen LogP contribution in [-0.2, 0) is 4.79 Å². The first-order chi connectivity index (χ1) is 14.1. The summed E-state index contributed by atoms with van der Waals surface area (Å²) in [5.41, 5.74) is 4.21. The molecule has 0 saturated carbocycles. The van der Waals surface area contributed by atoms with Crippen LogP contribution >= 0.6 is 11.6 Å². The number of halogens is 1. The number of carbonyl (C=O) groups excluding carboxylic acids is 1. The zero-order chi connectivity index (χ0) is 20.2. The van der Waals surface area contributed by atoms with E-state index in [9.17, 15) is 4.79 Å². The predicted octanol–water partition coefficient (Wildman–Crippen LogP) is 5.88. The normalized spacial score (nSPS) is 10.7. The van der Waals surface area contributed by atoms with E-state index < -0.39 is 0 Å². The third kappa shape index (κ3) is 4.39. The number of hydrogen-bond donors (Lipinski definition) is 1. The van der Waals surface area contributed by atoms with Gasteiger partial charge in [0.05, 0.1) is 11.2 Å². The van der Waals surface area contributed by atoms with Crippen LogP contribution in [0.1, 0.15) is 5.56 Å². The zero-order valence-electron chi connectivity index (χ0n) is 15.9. The van der Waals surface area contributed by atoms with Crippen LogP contribution in [0.15, 0.2) is 78.9 Å². The molecule has 0 spiro atoms. The summed E-state index contributed by atoms with van der Waals surface area (Å²) in [5, 5.41) is 4.28. The highest BCUT2D eigenvalue weighted by Crippen LogP contribution is 2.30. The molecule has 4 nitrogen and oxygen atoms in total. The molecule has 1 N–H and O–H groups in total. The summed E-state index contributed by atoms with van der Waals surface area (Å²) in [4.78, 5) is 17.2. The number of aryl methyl sites for hydroxylation is 1. The van der Waals surface area contributed by atoms with Gasteiger partial charge in [0, 0.05) is 27.7 Å². The summed E-state index contributed by atoms with van der Waals surface area (Å²) >= 11 is 6.02. The number of rotatable bonds is 5. The highest BCUT2D eigenvalue weighted by molar-refractivity contribution is 6.31. The van der Waals surface area contributed by atoms with Crippen molar-refractivity contribution in [1.82, 2.24) is 4.98 Å². The van der Waals surface area contributed by atoms with Gasteiger partial charge in [-0.25, -0.2) is 4.98 Å². The number of hydrogen-bond acceptors (Lipinski definition) is 3. The minimum Gasteiger partial charge on any atom is -0.483 e. The van der Waals surface area contributed by atoms with Crippen LogP contribution < -0.4 is 10.1 Å². The number of fused-ring (bicyclic) bond motifs is 1. The number of nitrogens with one attached hydrogen (secondary N) is 1. The van der Waals surface area contributed by atoms with Crippen LogP contribution in [-0.4, -0.2) is 17.5 Å². The van der Waals surface area contributed by atoms with E-state index in [0.29, 0.717) is 16.5 Å². The van der Waals surface area contributed by atoms with Crippen molar-refractivity contribution in [1.29, 1.82) is 0 Å². The van der Waals surface area contributed by atoms with E-state index in [1.54, 1.807) is 12.1 Å². The molecule has 4 aromatic rings. The molecule has 144 valence electrons. The maximum absolute atomic E-state index is 12.4. The van der Waals surface area contributed by atoms with Crippen LogP contribution in [0.2, 0.25) is 5.02 Å². The van der Waals surface area contributed by atoms with Crippen molar-refractivity contribution < 1.29 is 9.53 Å². The van der Waals surface area contributed by atoms with Crippen LogP contribution in [0.5, 0.6) is 5.75 Å². The predicted molar refractivity (Wildman–Crippen MR) is 117 cm³/mol. The van der Waals surface area contributed by atoms with Crippen molar-refractivity contribution in [2.75, 3.05) is 11.9 Å². The molecular formula is C24H19ClN2O2. The molecule has 0 fully saturated rings. The monoisotopic (exact) mass is 402 g/mol. The lowest BCUT2D eigenvalue weighted by atomic mass is 10.1. The SMILES string of the molecule is Cc1ccc(Cl)cc1NC(=O)COc1cc(-c2ccccc2)nc2ccccc12. The number of anilines is 1. The van der Waals surface area contributed by atoms with Gasteiger partial charge >= 0.3 is 0 Å². The number of nitrogens with zero attached hydrogens (tertiary/aromatic N) is 1. The Bertz CT molecular complexity index is 1180. The molecule has 0 radical (unpaired) electrons. The van der Waals surface area contributed by atoms with Crippen molar-refractivity contribution >= 4 is 34.1 Å². The van der Waals surface area contributed by atoms with Crippen LogP contribution in [0, 0.1) is 6.92 Å². The molecule has 0 bridgehead atoms. The van der Waals surface area contributed by atoms with E-state index in [1.165, 1.54) is 0 Å². The second-order valence-corrected chi connectivity index (χ2v) is 7.12. The number of amides is 1. The second-order valence-electron chi connectivity index (χ2n) is 6.68. The summed E-state index contributed by atoms with van der Waals surface area (Å²) in [5.74, 6) is 0.366. The van der Waals surface area contributed by atoms with Crippen molar-refractivity contribution in [2.24, 2.45) is 0 Å². The zero-order valence-corrected chi connectivity index (χ0v) is 16.6. The van der Waals surface area contributed by atoms with Gasteiger partial charge in [-0.15, -0.1) is 0 Å². The van der Waals surface area contributed by atoms with Gasteiger partial charge in [-0.05, 0) is 36.8 Å². The highest BCUT2D eigenvalue weighted by atomic mass is 35.5. The molecule has 1 aromatic heterocycles. The summed E-state index contributed by atoms with van der Waals surface area (Å²) in [6.07, 6.45) is 0. The number of benzene rings is 3. The standard InChI is InChI=1S/C24H19ClN2O2/c1-16-11-12-18(25)13-21(16)27-24(28)15-29-23-14-22(17-7-3-2-4-8-17)26-20-10-6-5-9-19(20)23/h2-14H,15H2,1H3,(H,27,28). The van der Waals surface area contributed by atoms with Crippen molar-refractivity contribution in [3.8, 4) is 17.0 Å². The van der Waals surface area contributed by atoms with E-state index in [2.05, 4.69) is 5.32 Å². The fourth-order valence-corrected chi connectivity index (χ4v) is 3.25. The summed E-state index contributed by atoms with van der Waals surface area (Å²) in [6.45, 7) is 1.80. The fourth-order valence-electron chi connectivity index (χ4n) is 3.08. The first kappa shape index (κ1) is 19.0. The van der Waals surface area contributed by atoms with E-state index in [4.69, 9.17) is 21.3 Å². The Kier molecular flexibility index (Phi) is 5.45. The average molecular weight is 403 g/mol. The molecule has 1 heterocycles. The first-order valence-electron chi connectivity index (χ1n) is 9.24. The fraction of sp³-hybridized carbons (Fsp3) is 0.0833. The van der Waals surface area contributed by atoms with E-state index >= 15 is 0 Å². The molecule has 4 rings (SSSR count). The Hall–Kier alpha value is -3.37.